The molecule has 31 heavy (non-hydrogen) atoms. The second-order valence-electron chi connectivity index (χ2n) is 7.87. The van der Waals surface area contributed by atoms with Gasteiger partial charge >= 0.3 is 0 Å². The molecule has 0 bridgehead atoms. The lowest BCUT2D eigenvalue weighted by atomic mass is 10.1. The number of morpholine rings is 1. The van der Waals surface area contributed by atoms with Crippen molar-refractivity contribution in [2.45, 2.75) is 43.9 Å². The molecule has 1 fully saturated rings. The van der Waals surface area contributed by atoms with E-state index in [-0.39, 0.29) is 47.7 Å². The summed E-state index contributed by atoms with van der Waals surface area (Å²) in [5.74, 6) is -0.306. The standard InChI is InChI=1S/C22H26Cl2N2O4S/c1-14-12-26(13-15(2)30-14)31(28,29)19-7-5-6-17(10-19)22(27)25(4)16(3)20-9-8-18(23)11-21(20)24/h5-11,14-16H,12-13H2,1-4H3. The molecular weight excluding hydrogens is 459 g/mol. The van der Waals surface area contributed by atoms with Crippen molar-refractivity contribution in [3.63, 3.8) is 0 Å². The molecule has 1 amide bonds. The van der Waals surface area contributed by atoms with Gasteiger partial charge in [0.2, 0.25) is 10.0 Å². The van der Waals surface area contributed by atoms with Gasteiger partial charge in [0.25, 0.3) is 5.91 Å². The van der Waals surface area contributed by atoms with Gasteiger partial charge in [-0.05, 0) is 56.7 Å². The Kier molecular flexibility index (Phi) is 7.33. The fourth-order valence-corrected chi connectivity index (χ4v) is 5.90. The molecule has 3 unspecified atom stereocenters. The van der Waals surface area contributed by atoms with Crippen molar-refractivity contribution in [1.29, 1.82) is 0 Å². The van der Waals surface area contributed by atoms with Gasteiger partial charge in [0, 0.05) is 35.7 Å². The molecule has 3 atom stereocenters. The summed E-state index contributed by atoms with van der Waals surface area (Å²) in [6, 6.07) is 10.9. The Balaban J connectivity index is 1.85. The normalized spacial score (nSPS) is 21.0. The van der Waals surface area contributed by atoms with E-state index in [2.05, 4.69) is 0 Å². The first-order valence-electron chi connectivity index (χ1n) is 9.98. The van der Waals surface area contributed by atoms with Crippen molar-refractivity contribution < 1.29 is 17.9 Å². The van der Waals surface area contributed by atoms with Gasteiger partial charge in [-0.2, -0.15) is 4.31 Å². The fraction of sp³-hybridized carbons (Fsp3) is 0.409. The summed E-state index contributed by atoms with van der Waals surface area (Å²) in [5.41, 5.74) is 1.04. The Hall–Kier alpha value is -1.64. The second-order valence-corrected chi connectivity index (χ2v) is 10.6. The van der Waals surface area contributed by atoms with Crippen molar-refractivity contribution in [2.24, 2.45) is 0 Å². The summed E-state index contributed by atoms with van der Waals surface area (Å²) in [7, 11) is -2.09. The Labute approximate surface area is 193 Å². The van der Waals surface area contributed by atoms with Crippen molar-refractivity contribution in [3.05, 3.63) is 63.6 Å². The number of carbonyl (C=O) groups is 1. The van der Waals surface area contributed by atoms with E-state index in [4.69, 9.17) is 27.9 Å². The van der Waals surface area contributed by atoms with E-state index in [1.165, 1.54) is 21.3 Å². The van der Waals surface area contributed by atoms with Crippen LogP contribution in [0.3, 0.4) is 0 Å². The summed E-state index contributed by atoms with van der Waals surface area (Å²) in [6.45, 7) is 6.09. The maximum Gasteiger partial charge on any atom is 0.254 e. The highest BCUT2D eigenvalue weighted by molar-refractivity contribution is 7.89. The maximum atomic E-state index is 13.2. The number of hydrogen-bond acceptors (Lipinski definition) is 4. The molecule has 0 saturated carbocycles. The van der Waals surface area contributed by atoms with Crippen LogP contribution in [0.1, 0.15) is 42.7 Å². The third kappa shape index (κ3) is 5.23. The molecule has 2 aromatic rings. The number of rotatable bonds is 5. The Morgan fingerprint density at radius 1 is 1.13 bits per heavy atom. The number of nitrogens with zero attached hydrogens (tertiary/aromatic N) is 2. The summed E-state index contributed by atoms with van der Waals surface area (Å²) < 4.78 is 33.4. The largest absolute Gasteiger partial charge is 0.373 e. The van der Waals surface area contributed by atoms with Crippen LogP contribution >= 0.6 is 23.2 Å². The van der Waals surface area contributed by atoms with Gasteiger partial charge in [-0.15, -0.1) is 0 Å². The SMILES string of the molecule is CC1CN(S(=O)(=O)c2cccc(C(=O)N(C)C(C)c3ccc(Cl)cc3Cl)c2)CC(C)O1. The zero-order valence-corrected chi connectivity index (χ0v) is 20.2. The van der Waals surface area contributed by atoms with Crippen LogP contribution in [0.15, 0.2) is 47.4 Å². The second kappa shape index (κ2) is 9.46. The van der Waals surface area contributed by atoms with Gasteiger partial charge in [0.05, 0.1) is 23.1 Å². The van der Waals surface area contributed by atoms with E-state index in [9.17, 15) is 13.2 Å². The molecule has 0 aliphatic carbocycles. The maximum absolute atomic E-state index is 13.2. The van der Waals surface area contributed by atoms with E-state index in [1.54, 1.807) is 37.4 Å². The first-order chi connectivity index (χ1) is 14.5. The predicted octanol–water partition coefficient (Wildman–Crippen LogP) is 4.62. The fourth-order valence-electron chi connectivity index (χ4n) is 3.69. The summed E-state index contributed by atoms with van der Waals surface area (Å²) >= 11 is 12.3. The highest BCUT2D eigenvalue weighted by Gasteiger charge is 2.32. The van der Waals surface area contributed by atoms with Crippen molar-refractivity contribution >= 4 is 39.1 Å². The summed E-state index contributed by atoms with van der Waals surface area (Å²) in [5, 5.41) is 0.978. The van der Waals surface area contributed by atoms with E-state index in [0.717, 1.165) is 5.56 Å². The average molecular weight is 485 g/mol. The lowest BCUT2D eigenvalue weighted by Gasteiger charge is -2.34. The molecule has 1 aliphatic rings. The lowest BCUT2D eigenvalue weighted by Crippen LogP contribution is -2.48. The number of carbonyl (C=O) groups excluding carboxylic acids is 1. The number of benzene rings is 2. The molecule has 0 spiro atoms. The summed E-state index contributed by atoms with van der Waals surface area (Å²) in [4.78, 5) is 14.7. The van der Waals surface area contributed by atoms with E-state index < -0.39 is 10.0 Å². The topological polar surface area (TPSA) is 66.9 Å². The number of halogens is 2. The average Bonchev–Trinajstić information content (AvgIpc) is 2.71. The van der Waals surface area contributed by atoms with Crippen LogP contribution < -0.4 is 0 Å². The molecule has 2 aromatic carbocycles. The van der Waals surface area contributed by atoms with Crippen LogP contribution in [-0.4, -0.2) is 55.9 Å². The minimum absolute atomic E-state index is 0.0882. The van der Waals surface area contributed by atoms with E-state index >= 15 is 0 Å². The molecule has 6 nitrogen and oxygen atoms in total. The van der Waals surface area contributed by atoms with Crippen LogP contribution in [0.4, 0.5) is 0 Å². The molecule has 0 N–H and O–H groups in total. The predicted molar refractivity (Wildman–Crippen MR) is 122 cm³/mol. The number of ether oxygens (including phenoxy) is 1. The number of sulfonamides is 1. The molecule has 0 radical (unpaired) electrons. The van der Waals surface area contributed by atoms with Gasteiger partial charge in [-0.1, -0.05) is 35.3 Å². The first kappa shape index (κ1) is 24.0. The minimum Gasteiger partial charge on any atom is -0.373 e. The van der Waals surface area contributed by atoms with Crippen LogP contribution in [0.5, 0.6) is 0 Å². The third-order valence-electron chi connectivity index (χ3n) is 5.42. The smallest absolute Gasteiger partial charge is 0.254 e. The van der Waals surface area contributed by atoms with Gasteiger partial charge in [0.15, 0.2) is 0 Å². The molecule has 1 heterocycles. The summed E-state index contributed by atoms with van der Waals surface area (Å²) in [6.07, 6.45) is -0.390. The van der Waals surface area contributed by atoms with Crippen LogP contribution in [-0.2, 0) is 14.8 Å². The van der Waals surface area contributed by atoms with Crippen molar-refractivity contribution in [2.75, 3.05) is 20.1 Å². The molecular formula is C22H26Cl2N2O4S. The molecule has 3 rings (SSSR count). The number of amides is 1. The van der Waals surface area contributed by atoms with Crippen LogP contribution in [0.2, 0.25) is 10.0 Å². The monoisotopic (exact) mass is 484 g/mol. The number of hydrogen-bond donors (Lipinski definition) is 0. The third-order valence-corrected chi connectivity index (χ3v) is 7.81. The quantitative estimate of drug-likeness (QED) is 0.620. The molecule has 0 aromatic heterocycles. The van der Waals surface area contributed by atoms with Crippen molar-refractivity contribution in [1.82, 2.24) is 9.21 Å². The molecule has 1 aliphatic heterocycles. The zero-order chi connectivity index (χ0) is 22.9. The van der Waals surface area contributed by atoms with Crippen LogP contribution in [0.25, 0.3) is 0 Å². The Bertz CT molecular complexity index is 1070. The Morgan fingerprint density at radius 2 is 1.77 bits per heavy atom. The zero-order valence-electron chi connectivity index (χ0n) is 17.9. The highest BCUT2D eigenvalue weighted by Crippen LogP contribution is 2.30. The molecule has 1 saturated heterocycles. The lowest BCUT2D eigenvalue weighted by molar-refractivity contribution is -0.0440. The van der Waals surface area contributed by atoms with E-state index in [1.807, 2.05) is 20.8 Å². The van der Waals surface area contributed by atoms with Gasteiger partial charge in [-0.3, -0.25) is 4.79 Å². The van der Waals surface area contributed by atoms with Crippen LogP contribution in [0, 0.1) is 0 Å². The molecule has 168 valence electrons. The van der Waals surface area contributed by atoms with Gasteiger partial charge < -0.3 is 9.64 Å². The van der Waals surface area contributed by atoms with Gasteiger partial charge in [0.1, 0.15) is 0 Å². The van der Waals surface area contributed by atoms with Crippen molar-refractivity contribution in [3.8, 4) is 0 Å². The van der Waals surface area contributed by atoms with Gasteiger partial charge in [-0.25, -0.2) is 8.42 Å². The Morgan fingerprint density at radius 3 is 2.39 bits per heavy atom. The minimum atomic E-state index is -3.75. The molecule has 9 heteroatoms. The first-order valence-corrected chi connectivity index (χ1v) is 12.2. The van der Waals surface area contributed by atoms with E-state index in [0.29, 0.717) is 10.0 Å². The highest BCUT2D eigenvalue weighted by atomic mass is 35.5.